The van der Waals surface area contributed by atoms with Crippen molar-refractivity contribution in [2.45, 2.75) is 13.0 Å². The third-order valence-corrected chi connectivity index (χ3v) is 4.52. The molecular weight excluding hydrogens is 411 g/mol. The molecule has 1 amide bonds. The summed E-state index contributed by atoms with van der Waals surface area (Å²) in [6.45, 7) is 2.68. The van der Waals surface area contributed by atoms with E-state index in [1.807, 2.05) is 25.1 Å². The Bertz CT molecular complexity index is 415. The van der Waals surface area contributed by atoms with E-state index in [-0.39, 0.29) is 18.5 Å². The zero-order valence-electron chi connectivity index (χ0n) is 10.3. The molecule has 1 atom stereocenters. The van der Waals surface area contributed by atoms with Crippen LogP contribution in [-0.2, 0) is 9.53 Å². The molecule has 0 aliphatic heterocycles. The first-order chi connectivity index (χ1) is 8.52. The highest BCUT2D eigenvalue weighted by molar-refractivity contribution is 14.1. The number of nitrogens with one attached hydrogen (secondary N) is 2. The molecule has 0 spiro atoms. The lowest BCUT2D eigenvalue weighted by molar-refractivity contribution is -0.120. The van der Waals surface area contributed by atoms with Crippen LogP contribution in [0.25, 0.3) is 0 Å². The second-order valence-electron chi connectivity index (χ2n) is 3.91. The van der Waals surface area contributed by atoms with Crippen molar-refractivity contribution in [1.82, 2.24) is 5.32 Å². The van der Waals surface area contributed by atoms with Crippen molar-refractivity contribution in [3.05, 3.63) is 26.2 Å². The molecule has 1 aromatic carbocycles. The van der Waals surface area contributed by atoms with Crippen LogP contribution in [0.15, 0.2) is 22.7 Å². The number of rotatable bonds is 6. The van der Waals surface area contributed by atoms with Gasteiger partial charge in [0, 0.05) is 26.9 Å². The van der Waals surface area contributed by atoms with Crippen LogP contribution in [-0.4, -0.2) is 32.2 Å². The van der Waals surface area contributed by atoms with Crippen LogP contribution in [0.5, 0.6) is 0 Å². The molecule has 0 aliphatic carbocycles. The minimum Gasteiger partial charge on any atom is -0.383 e. The highest BCUT2D eigenvalue weighted by Gasteiger charge is 2.06. The van der Waals surface area contributed by atoms with Crippen molar-refractivity contribution >= 4 is 50.1 Å². The number of amides is 1. The van der Waals surface area contributed by atoms with Crippen molar-refractivity contribution in [1.29, 1.82) is 0 Å². The molecule has 0 fully saturated rings. The van der Waals surface area contributed by atoms with Gasteiger partial charge in [0.15, 0.2) is 0 Å². The Hall–Kier alpha value is -0.340. The van der Waals surface area contributed by atoms with Gasteiger partial charge in [-0.2, -0.15) is 0 Å². The fraction of sp³-hybridized carbons (Fsp3) is 0.417. The van der Waals surface area contributed by atoms with E-state index >= 15 is 0 Å². The lowest BCUT2D eigenvalue weighted by Gasteiger charge is -2.13. The number of carbonyl (C=O) groups is 1. The number of methoxy groups -OCH3 is 1. The van der Waals surface area contributed by atoms with Gasteiger partial charge in [0.05, 0.1) is 13.2 Å². The van der Waals surface area contributed by atoms with Gasteiger partial charge in [0.1, 0.15) is 0 Å². The Morgan fingerprint density at radius 3 is 2.89 bits per heavy atom. The summed E-state index contributed by atoms with van der Waals surface area (Å²) >= 11 is 5.66. The molecule has 18 heavy (non-hydrogen) atoms. The fourth-order valence-corrected chi connectivity index (χ4v) is 2.17. The maximum atomic E-state index is 11.6. The minimum absolute atomic E-state index is 0.0225. The lowest BCUT2D eigenvalue weighted by atomic mass is 10.3. The second kappa shape index (κ2) is 7.96. The Morgan fingerprint density at radius 2 is 2.28 bits per heavy atom. The van der Waals surface area contributed by atoms with Gasteiger partial charge in [0.2, 0.25) is 5.91 Å². The maximum Gasteiger partial charge on any atom is 0.239 e. The number of hydrogen-bond donors (Lipinski definition) is 2. The summed E-state index contributed by atoms with van der Waals surface area (Å²) in [5, 5.41) is 5.92. The third-order valence-electron chi connectivity index (χ3n) is 2.20. The van der Waals surface area contributed by atoms with E-state index in [1.54, 1.807) is 7.11 Å². The van der Waals surface area contributed by atoms with Crippen LogP contribution in [0.3, 0.4) is 0 Å². The average Bonchev–Trinajstić information content (AvgIpc) is 2.31. The molecule has 1 unspecified atom stereocenters. The fourth-order valence-electron chi connectivity index (χ4n) is 1.41. The number of hydrogen-bond acceptors (Lipinski definition) is 3. The molecular formula is C12H16BrIN2O2. The van der Waals surface area contributed by atoms with Crippen LogP contribution in [0, 0.1) is 3.57 Å². The molecule has 0 bridgehead atoms. The van der Waals surface area contributed by atoms with Crippen molar-refractivity contribution in [3.63, 3.8) is 0 Å². The Labute approximate surface area is 129 Å². The summed E-state index contributed by atoms with van der Waals surface area (Å²) in [5.74, 6) is -0.0440. The smallest absolute Gasteiger partial charge is 0.239 e. The van der Waals surface area contributed by atoms with Gasteiger partial charge in [-0.25, -0.2) is 0 Å². The zero-order chi connectivity index (χ0) is 13.5. The molecule has 0 saturated heterocycles. The van der Waals surface area contributed by atoms with Crippen LogP contribution in [0.1, 0.15) is 6.92 Å². The van der Waals surface area contributed by atoms with Gasteiger partial charge in [-0.3, -0.25) is 4.79 Å². The van der Waals surface area contributed by atoms with Gasteiger partial charge in [-0.15, -0.1) is 0 Å². The maximum absolute atomic E-state index is 11.6. The number of carbonyl (C=O) groups excluding carboxylic acids is 1. The molecule has 0 heterocycles. The Morgan fingerprint density at radius 1 is 1.56 bits per heavy atom. The van der Waals surface area contributed by atoms with Crippen LogP contribution < -0.4 is 10.6 Å². The molecule has 0 radical (unpaired) electrons. The van der Waals surface area contributed by atoms with Crippen molar-refractivity contribution < 1.29 is 9.53 Å². The first-order valence-electron chi connectivity index (χ1n) is 5.50. The number of benzene rings is 1. The molecule has 0 aliphatic rings. The van der Waals surface area contributed by atoms with Crippen molar-refractivity contribution in [3.8, 4) is 0 Å². The summed E-state index contributed by atoms with van der Waals surface area (Å²) in [5.41, 5.74) is 0.928. The van der Waals surface area contributed by atoms with Crippen LogP contribution >= 0.6 is 38.5 Å². The number of halogens is 2. The highest BCUT2D eigenvalue weighted by atomic mass is 127. The van der Waals surface area contributed by atoms with Gasteiger partial charge in [-0.1, -0.05) is 0 Å². The number of anilines is 1. The lowest BCUT2D eigenvalue weighted by Crippen LogP contribution is -2.39. The first kappa shape index (κ1) is 15.7. The molecule has 1 rings (SSSR count). The molecule has 0 saturated carbocycles. The van der Waals surface area contributed by atoms with Crippen LogP contribution in [0.2, 0.25) is 0 Å². The van der Waals surface area contributed by atoms with Gasteiger partial charge < -0.3 is 15.4 Å². The monoisotopic (exact) mass is 426 g/mol. The van der Waals surface area contributed by atoms with Gasteiger partial charge in [0.25, 0.3) is 0 Å². The summed E-state index contributed by atoms with van der Waals surface area (Å²) < 4.78 is 7.11. The van der Waals surface area contributed by atoms with E-state index in [0.29, 0.717) is 6.61 Å². The van der Waals surface area contributed by atoms with E-state index in [2.05, 4.69) is 49.2 Å². The van der Waals surface area contributed by atoms with Gasteiger partial charge in [-0.05, 0) is 63.6 Å². The van der Waals surface area contributed by atoms with Gasteiger partial charge >= 0.3 is 0 Å². The zero-order valence-corrected chi connectivity index (χ0v) is 14.0. The summed E-state index contributed by atoms with van der Waals surface area (Å²) in [6.07, 6.45) is 0. The Kier molecular flexibility index (Phi) is 6.95. The van der Waals surface area contributed by atoms with E-state index in [0.717, 1.165) is 13.7 Å². The highest BCUT2D eigenvalue weighted by Crippen LogP contribution is 2.22. The predicted molar refractivity (Wildman–Crippen MR) is 84.8 cm³/mol. The van der Waals surface area contributed by atoms with Crippen molar-refractivity contribution in [2.24, 2.45) is 0 Å². The summed E-state index contributed by atoms with van der Waals surface area (Å²) in [4.78, 5) is 11.6. The minimum atomic E-state index is -0.0440. The largest absolute Gasteiger partial charge is 0.383 e. The molecule has 6 heteroatoms. The second-order valence-corrected chi connectivity index (χ2v) is 5.92. The molecule has 1 aromatic rings. The standard InChI is InChI=1S/C12H16BrIN2O2/c1-8(7-18-2)16-12(17)6-15-9-3-4-10(13)11(14)5-9/h3-5,8,15H,6-7H2,1-2H3,(H,16,17). The molecule has 4 nitrogen and oxygen atoms in total. The Balaban J connectivity index is 2.40. The SMILES string of the molecule is COCC(C)NC(=O)CNc1ccc(Br)c(I)c1. The van der Waals surface area contributed by atoms with E-state index in [9.17, 15) is 4.79 Å². The van der Waals surface area contributed by atoms with E-state index < -0.39 is 0 Å². The summed E-state index contributed by atoms with van der Waals surface area (Å²) in [6, 6.07) is 5.89. The average molecular weight is 427 g/mol. The van der Waals surface area contributed by atoms with E-state index in [4.69, 9.17) is 4.74 Å². The molecule has 100 valence electrons. The normalized spacial score (nSPS) is 12.0. The topological polar surface area (TPSA) is 50.4 Å². The van der Waals surface area contributed by atoms with E-state index in [1.165, 1.54) is 0 Å². The quantitative estimate of drug-likeness (QED) is 0.687. The number of ether oxygens (including phenoxy) is 1. The van der Waals surface area contributed by atoms with Crippen molar-refractivity contribution in [2.75, 3.05) is 25.6 Å². The first-order valence-corrected chi connectivity index (χ1v) is 7.37. The summed E-state index contributed by atoms with van der Waals surface area (Å²) in [7, 11) is 1.62. The molecule has 0 aromatic heterocycles. The molecule has 2 N–H and O–H groups in total. The van der Waals surface area contributed by atoms with Crippen LogP contribution in [0.4, 0.5) is 5.69 Å². The predicted octanol–water partition coefficient (Wildman–Crippen LogP) is 2.62. The third kappa shape index (κ3) is 5.53.